The summed E-state index contributed by atoms with van der Waals surface area (Å²) >= 11 is 0. The second kappa shape index (κ2) is 8.72. The minimum Gasteiger partial charge on any atom is -0.480 e. The van der Waals surface area contributed by atoms with Crippen LogP contribution in [0, 0.1) is 11.3 Å². The molecule has 2 saturated heterocycles. The fourth-order valence-corrected chi connectivity index (χ4v) is 7.54. The molecule has 2 aliphatic rings. The van der Waals surface area contributed by atoms with Crippen molar-refractivity contribution in [1.82, 2.24) is 12.6 Å². The van der Waals surface area contributed by atoms with Crippen LogP contribution in [0.2, 0.25) is 0 Å². The first-order valence-corrected chi connectivity index (χ1v) is 14.0. The van der Waals surface area contributed by atoms with Crippen molar-refractivity contribution in [3.63, 3.8) is 0 Å². The molecular weight excluding hydrogens is 468 g/mol. The number of rotatable bonds is 5. The smallest absolute Gasteiger partial charge is 0.322 e. The second-order valence-corrected chi connectivity index (χ2v) is 12.4. The molecule has 12 heteroatoms. The molecule has 33 heavy (non-hydrogen) atoms. The molecule has 1 N–H and O–H groups in total. The zero-order valence-electron chi connectivity index (χ0n) is 18.2. The largest absolute Gasteiger partial charge is 0.480 e. The zero-order valence-corrected chi connectivity index (χ0v) is 19.8. The number of aromatic nitrogens is 1. The topological polar surface area (TPSA) is 141 Å². The Bertz CT molecular complexity index is 1330. The van der Waals surface area contributed by atoms with Gasteiger partial charge < -0.3 is 5.11 Å². The standard InChI is InChI=1S/C21H26N4O6S2/c1-32(28,29)25-14-18(17-12-15(13-22)5-6-19(17)25)16-7-10-23(11-8-16)33(30,31)24-9-3-2-4-20(24)21(26)27/h5-6,12,14,16,20H,2-4,7-11H2,1H3,(H,26,27)/t20-/m1/s1. The van der Waals surface area contributed by atoms with E-state index in [-0.39, 0.29) is 25.6 Å². The highest BCUT2D eigenvalue weighted by Gasteiger charge is 2.41. The van der Waals surface area contributed by atoms with Crippen molar-refractivity contribution in [2.24, 2.45) is 0 Å². The van der Waals surface area contributed by atoms with E-state index in [0.29, 0.717) is 48.6 Å². The first-order valence-electron chi connectivity index (χ1n) is 10.8. The Balaban J connectivity index is 1.60. The van der Waals surface area contributed by atoms with Gasteiger partial charge in [-0.2, -0.15) is 22.3 Å². The molecule has 1 aromatic heterocycles. The van der Waals surface area contributed by atoms with Gasteiger partial charge in [0.1, 0.15) is 6.04 Å². The molecule has 3 heterocycles. The predicted molar refractivity (Wildman–Crippen MR) is 121 cm³/mol. The first kappa shape index (κ1) is 23.7. The molecule has 2 aliphatic heterocycles. The van der Waals surface area contributed by atoms with E-state index in [4.69, 9.17) is 0 Å². The molecule has 0 amide bonds. The third kappa shape index (κ3) is 4.38. The predicted octanol–water partition coefficient (Wildman–Crippen LogP) is 1.68. The first-order chi connectivity index (χ1) is 15.5. The van der Waals surface area contributed by atoms with E-state index in [1.807, 2.05) is 0 Å². The van der Waals surface area contributed by atoms with Crippen LogP contribution in [0.3, 0.4) is 0 Å². The molecule has 1 aromatic carbocycles. The number of nitrogens with zero attached hydrogens (tertiary/aromatic N) is 4. The molecule has 2 fully saturated rings. The Morgan fingerprint density at radius 2 is 1.79 bits per heavy atom. The lowest BCUT2D eigenvalue weighted by Gasteiger charge is -2.38. The van der Waals surface area contributed by atoms with Crippen LogP contribution in [-0.4, -0.2) is 72.4 Å². The van der Waals surface area contributed by atoms with Gasteiger partial charge in [-0.1, -0.05) is 0 Å². The molecule has 0 bridgehead atoms. The number of carbonyl (C=O) groups is 1. The summed E-state index contributed by atoms with van der Waals surface area (Å²) in [6, 6.07) is 5.88. The van der Waals surface area contributed by atoms with Gasteiger partial charge in [0.25, 0.3) is 10.2 Å². The van der Waals surface area contributed by atoms with Crippen LogP contribution in [0.5, 0.6) is 0 Å². The SMILES string of the molecule is CS(=O)(=O)n1cc(C2CCN(S(=O)(=O)N3CCCC[C@@H]3C(=O)O)CC2)c2cc(C#N)ccc21. The maximum Gasteiger partial charge on any atom is 0.322 e. The molecule has 1 atom stereocenters. The third-order valence-corrected chi connectivity index (χ3v) is 9.61. The summed E-state index contributed by atoms with van der Waals surface area (Å²) in [5.74, 6) is -1.22. The van der Waals surface area contributed by atoms with Gasteiger partial charge in [0.05, 0.1) is 23.4 Å². The second-order valence-electron chi connectivity index (χ2n) is 8.63. The highest BCUT2D eigenvalue weighted by molar-refractivity contribution is 7.89. The zero-order chi connectivity index (χ0) is 24.0. The van der Waals surface area contributed by atoms with Gasteiger partial charge in [-0.05, 0) is 61.8 Å². The Morgan fingerprint density at radius 3 is 2.39 bits per heavy atom. The summed E-state index contributed by atoms with van der Waals surface area (Å²) < 4.78 is 54.6. The molecule has 0 saturated carbocycles. The summed E-state index contributed by atoms with van der Waals surface area (Å²) in [7, 11) is -7.48. The van der Waals surface area contributed by atoms with Crippen molar-refractivity contribution >= 4 is 37.1 Å². The van der Waals surface area contributed by atoms with E-state index in [2.05, 4.69) is 6.07 Å². The average molecular weight is 495 g/mol. The van der Waals surface area contributed by atoms with Crippen LogP contribution in [0.1, 0.15) is 49.1 Å². The summed E-state index contributed by atoms with van der Waals surface area (Å²) in [6.07, 6.45) is 5.22. The summed E-state index contributed by atoms with van der Waals surface area (Å²) in [5, 5.41) is 19.4. The maximum atomic E-state index is 13.2. The number of aliphatic carboxylic acids is 1. The van der Waals surface area contributed by atoms with Crippen LogP contribution >= 0.6 is 0 Å². The highest BCUT2D eigenvalue weighted by atomic mass is 32.2. The molecule has 2 aromatic rings. The van der Waals surface area contributed by atoms with Crippen LogP contribution in [0.15, 0.2) is 24.4 Å². The minimum atomic E-state index is -3.91. The van der Waals surface area contributed by atoms with E-state index in [1.165, 1.54) is 8.28 Å². The van der Waals surface area contributed by atoms with E-state index >= 15 is 0 Å². The number of piperidine rings is 2. The van der Waals surface area contributed by atoms with Crippen molar-refractivity contribution in [1.29, 1.82) is 5.26 Å². The van der Waals surface area contributed by atoms with Crippen LogP contribution in [-0.2, 0) is 25.0 Å². The lowest BCUT2D eigenvalue weighted by Crippen LogP contribution is -2.54. The number of hydrogen-bond acceptors (Lipinski definition) is 6. The Labute approximate surface area is 193 Å². The van der Waals surface area contributed by atoms with Crippen molar-refractivity contribution < 1.29 is 26.7 Å². The molecule has 0 spiro atoms. The quantitative estimate of drug-likeness (QED) is 0.667. The lowest BCUT2D eigenvalue weighted by molar-refractivity contribution is -0.142. The molecule has 0 aliphatic carbocycles. The van der Waals surface area contributed by atoms with Gasteiger partial charge in [-0.25, -0.2) is 12.4 Å². The van der Waals surface area contributed by atoms with Gasteiger partial charge >= 0.3 is 5.97 Å². The monoisotopic (exact) mass is 494 g/mol. The van der Waals surface area contributed by atoms with Crippen molar-refractivity contribution in [2.75, 3.05) is 25.9 Å². The normalized spacial score (nSPS) is 21.8. The number of fused-ring (bicyclic) bond motifs is 1. The van der Waals surface area contributed by atoms with Crippen molar-refractivity contribution in [2.45, 2.75) is 44.1 Å². The number of benzene rings is 1. The van der Waals surface area contributed by atoms with Crippen molar-refractivity contribution in [3.8, 4) is 6.07 Å². The fourth-order valence-electron chi connectivity index (χ4n) is 4.87. The van der Waals surface area contributed by atoms with E-state index in [0.717, 1.165) is 16.1 Å². The summed E-state index contributed by atoms with van der Waals surface area (Å²) in [4.78, 5) is 11.6. The Kier molecular flexibility index (Phi) is 6.26. The van der Waals surface area contributed by atoms with Crippen LogP contribution in [0.4, 0.5) is 0 Å². The number of nitriles is 1. The fraction of sp³-hybridized carbons (Fsp3) is 0.524. The number of hydrogen-bond donors (Lipinski definition) is 1. The lowest BCUT2D eigenvalue weighted by atomic mass is 9.90. The summed E-state index contributed by atoms with van der Waals surface area (Å²) in [6.45, 7) is 0.608. The van der Waals surface area contributed by atoms with Crippen LogP contribution in [0.25, 0.3) is 10.9 Å². The minimum absolute atomic E-state index is 0.0903. The molecule has 10 nitrogen and oxygen atoms in total. The molecule has 4 rings (SSSR count). The van der Waals surface area contributed by atoms with E-state index < -0.39 is 32.2 Å². The van der Waals surface area contributed by atoms with Gasteiger partial charge in [-0.3, -0.25) is 4.79 Å². The number of carboxylic acid groups (broad SMARTS) is 1. The molecule has 0 radical (unpaired) electrons. The summed E-state index contributed by atoms with van der Waals surface area (Å²) in [5.41, 5.74) is 1.67. The average Bonchev–Trinajstić information content (AvgIpc) is 3.18. The van der Waals surface area contributed by atoms with E-state index in [9.17, 15) is 32.0 Å². The molecule has 178 valence electrons. The Hall–Kier alpha value is -2.46. The van der Waals surface area contributed by atoms with Gasteiger partial charge in [0.2, 0.25) is 10.0 Å². The number of carboxylic acids is 1. The Morgan fingerprint density at radius 1 is 1.09 bits per heavy atom. The van der Waals surface area contributed by atoms with Crippen molar-refractivity contribution in [3.05, 3.63) is 35.5 Å². The van der Waals surface area contributed by atoms with E-state index in [1.54, 1.807) is 24.4 Å². The third-order valence-electron chi connectivity index (χ3n) is 6.54. The van der Waals surface area contributed by atoms with Gasteiger partial charge in [0, 0.05) is 31.2 Å². The molecular formula is C21H26N4O6S2. The van der Waals surface area contributed by atoms with Crippen LogP contribution < -0.4 is 0 Å². The maximum absolute atomic E-state index is 13.2. The highest BCUT2D eigenvalue weighted by Crippen LogP contribution is 2.37. The molecule has 0 unspecified atom stereocenters. The van der Waals surface area contributed by atoms with Gasteiger partial charge in [-0.15, -0.1) is 0 Å². The van der Waals surface area contributed by atoms with Gasteiger partial charge in [0.15, 0.2) is 0 Å².